The lowest BCUT2D eigenvalue weighted by Crippen LogP contribution is -2.68. The van der Waals surface area contributed by atoms with Gasteiger partial charge in [-0.3, -0.25) is 0 Å². The van der Waals surface area contributed by atoms with Crippen molar-refractivity contribution < 1.29 is 53.4 Å². The van der Waals surface area contributed by atoms with Crippen molar-refractivity contribution in [3.05, 3.63) is 0 Å². The molecule has 12 heteroatoms. The van der Waals surface area contributed by atoms with Crippen molar-refractivity contribution >= 4 is 0 Å². The van der Waals surface area contributed by atoms with Gasteiger partial charge in [0.25, 0.3) is 0 Å². The quantitative estimate of drug-likeness (QED) is 0.788. The smallest absolute Gasteiger partial charge is 0.387 e. The molecular formula is C7H5F11O. The van der Waals surface area contributed by atoms with Gasteiger partial charge < -0.3 is 5.11 Å². The normalized spacial score (nSPS) is 17.5. The third-order valence-electron chi connectivity index (χ3n) is 2.09. The van der Waals surface area contributed by atoms with Crippen molar-refractivity contribution in [1.29, 1.82) is 0 Å². The van der Waals surface area contributed by atoms with Crippen molar-refractivity contribution in [3.8, 4) is 0 Å². The van der Waals surface area contributed by atoms with Crippen molar-refractivity contribution in [2.24, 2.45) is 0 Å². The third kappa shape index (κ3) is 2.34. The van der Waals surface area contributed by atoms with E-state index in [1.54, 1.807) is 0 Å². The molecule has 0 aliphatic rings. The van der Waals surface area contributed by atoms with Crippen LogP contribution < -0.4 is 0 Å². The first-order valence-corrected chi connectivity index (χ1v) is 4.20. The van der Waals surface area contributed by atoms with Gasteiger partial charge in [0, 0.05) is 0 Å². The van der Waals surface area contributed by atoms with Crippen LogP contribution in [0.5, 0.6) is 0 Å². The highest BCUT2D eigenvalue weighted by Crippen LogP contribution is 2.57. The molecule has 0 rings (SSSR count). The van der Waals surface area contributed by atoms with Crippen LogP contribution in [0, 0.1) is 0 Å². The predicted octanol–water partition coefficient (Wildman–Crippen LogP) is 3.47. The molecule has 0 unspecified atom stereocenters. The Kier molecular flexibility index (Phi) is 4.16. The molecule has 1 N–H and O–H groups in total. The summed E-state index contributed by atoms with van der Waals surface area (Å²) in [5, 5.41) is 8.16. The van der Waals surface area contributed by atoms with E-state index in [1.165, 1.54) is 0 Å². The summed E-state index contributed by atoms with van der Waals surface area (Å²) in [4.78, 5) is 0. The zero-order valence-electron chi connectivity index (χ0n) is 8.68. The first kappa shape index (κ1) is 18.2. The summed E-state index contributed by atoms with van der Waals surface area (Å²) in [5.41, 5.74) is 0. The minimum absolute atomic E-state index is 0.171. The van der Waals surface area contributed by atoms with Crippen molar-refractivity contribution in [2.45, 2.75) is 42.9 Å². The maximum absolute atomic E-state index is 12.6. The van der Waals surface area contributed by atoms with Crippen LogP contribution in [0.3, 0.4) is 0 Å². The summed E-state index contributed by atoms with van der Waals surface area (Å²) < 4.78 is 135. The van der Waals surface area contributed by atoms with Crippen LogP contribution in [0.15, 0.2) is 0 Å². The summed E-state index contributed by atoms with van der Waals surface area (Å²) >= 11 is 0. The second-order valence-corrected chi connectivity index (χ2v) is 3.52. The van der Waals surface area contributed by atoms with Crippen LogP contribution in [0.4, 0.5) is 48.3 Å². The van der Waals surface area contributed by atoms with Gasteiger partial charge in [0.1, 0.15) is 6.10 Å². The number of hydrogen-bond acceptors (Lipinski definition) is 1. The van der Waals surface area contributed by atoms with Crippen LogP contribution >= 0.6 is 0 Å². The highest BCUT2D eigenvalue weighted by molar-refractivity contribution is 5.07. The molecule has 0 radical (unpaired) electrons. The average Bonchev–Trinajstić information content (AvgIpc) is 2.14. The SMILES string of the molecule is C[C@@H](O)C(F)(F)C(F)(F)C(F)(F)C(F)(F)C(F)(F)F. The number of rotatable bonds is 4. The number of aliphatic hydroxyl groups is 1. The van der Waals surface area contributed by atoms with Crippen molar-refractivity contribution in [2.75, 3.05) is 0 Å². The highest BCUT2D eigenvalue weighted by Gasteiger charge is 2.87. The van der Waals surface area contributed by atoms with Gasteiger partial charge in [0.15, 0.2) is 0 Å². The Morgan fingerprint density at radius 3 is 1.16 bits per heavy atom. The molecule has 0 aliphatic carbocycles. The Bertz CT molecular complexity index is 328. The molecule has 1 nitrogen and oxygen atoms in total. The largest absolute Gasteiger partial charge is 0.460 e. The molecule has 0 saturated carbocycles. The average molecular weight is 314 g/mol. The summed E-state index contributed by atoms with van der Waals surface area (Å²) in [5.74, 6) is -28.2. The lowest BCUT2D eigenvalue weighted by atomic mass is 9.95. The van der Waals surface area contributed by atoms with Crippen molar-refractivity contribution in [1.82, 2.24) is 0 Å². The zero-order chi connectivity index (χ0) is 16.1. The molecule has 0 heterocycles. The van der Waals surface area contributed by atoms with Crippen LogP contribution in [-0.2, 0) is 0 Å². The molecule has 0 spiro atoms. The number of aliphatic hydroxyl groups excluding tert-OH is 1. The number of hydrogen-bond donors (Lipinski definition) is 1. The van der Waals surface area contributed by atoms with Crippen LogP contribution in [-0.4, -0.2) is 41.1 Å². The molecule has 0 fully saturated rings. The van der Waals surface area contributed by atoms with E-state index < -0.39 is 36.0 Å². The fourth-order valence-electron chi connectivity index (χ4n) is 0.847. The van der Waals surface area contributed by atoms with Crippen LogP contribution in [0.25, 0.3) is 0 Å². The first-order chi connectivity index (χ1) is 7.94. The van der Waals surface area contributed by atoms with Gasteiger partial charge in [-0.15, -0.1) is 0 Å². The fraction of sp³-hybridized carbons (Fsp3) is 1.00. The van der Waals surface area contributed by atoms with Crippen LogP contribution in [0.1, 0.15) is 6.92 Å². The molecule has 0 aromatic heterocycles. The molecule has 0 saturated heterocycles. The second-order valence-electron chi connectivity index (χ2n) is 3.52. The van der Waals surface area contributed by atoms with Gasteiger partial charge in [-0.25, -0.2) is 0 Å². The Morgan fingerprint density at radius 1 is 0.632 bits per heavy atom. The Hall–Kier alpha value is -0.810. The number of halogens is 11. The summed E-state index contributed by atoms with van der Waals surface area (Å²) in [6, 6.07) is 0. The van der Waals surface area contributed by atoms with E-state index >= 15 is 0 Å². The number of alkyl halides is 11. The molecule has 1 atom stereocenters. The molecule has 0 aromatic carbocycles. The maximum atomic E-state index is 12.6. The highest BCUT2D eigenvalue weighted by atomic mass is 19.4. The van der Waals surface area contributed by atoms with E-state index in [2.05, 4.69) is 0 Å². The predicted molar refractivity (Wildman–Crippen MR) is 37.5 cm³/mol. The molecule has 116 valence electrons. The summed E-state index contributed by atoms with van der Waals surface area (Å²) in [7, 11) is 0. The standard InChI is InChI=1S/C7H5F11O/c1-2(19)3(8,9)4(10,11)5(12,13)6(14,15)7(16,17)18/h2,19H,1H3/t2-/m1/s1. The molecule has 0 bridgehead atoms. The molecule has 0 aromatic rings. The van der Waals surface area contributed by atoms with Crippen molar-refractivity contribution in [3.63, 3.8) is 0 Å². The van der Waals surface area contributed by atoms with Crippen LogP contribution in [0.2, 0.25) is 0 Å². The van der Waals surface area contributed by atoms with E-state index in [-0.39, 0.29) is 6.92 Å². The molecule has 19 heavy (non-hydrogen) atoms. The lowest BCUT2D eigenvalue weighted by Gasteiger charge is -2.38. The second kappa shape index (κ2) is 4.35. The lowest BCUT2D eigenvalue weighted by molar-refractivity contribution is -0.427. The van der Waals surface area contributed by atoms with E-state index in [0.717, 1.165) is 0 Å². The third-order valence-corrected chi connectivity index (χ3v) is 2.09. The van der Waals surface area contributed by atoms with Gasteiger partial charge in [0.2, 0.25) is 0 Å². The molecular weight excluding hydrogens is 309 g/mol. The Balaban J connectivity index is 5.92. The zero-order valence-corrected chi connectivity index (χ0v) is 8.68. The minimum atomic E-state index is -7.46. The Labute approximate surface area is 97.5 Å². The summed E-state index contributed by atoms with van der Waals surface area (Å²) in [6.45, 7) is -0.171. The van der Waals surface area contributed by atoms with Gasteiger partial charge in [-0.05, 0) is 6.92 Å². The summed E-state index contributed by atoms with van der Waals surface area (Å²) in [6.07, 6.45) is -10.8. The molecule has 0 amide bonds. The topological polar surface area (TPSA) is 20.2 Å². The first-order valence-electron chi connectivity index (χ1n) is 4.20. The monoisotopic (exact) mass is 314 g/mol. The van der Waals surface area contributed by atoms with E-state index in [4.69, 9.17) is 5.11 Å². The van der Waals surface area contributed by atoms with E-state index in [9.17, 15) is 48.3 Å². The van der Waals surface area contributed by atoms with E-state index in [0.29, 0.717) is 0 Å². The maximum Gasteiger partial charge on any atom is 0.460 e. The van der Waals surface area contributed by atoms with E-state index in [1.807, 2.05) is 0 Å². The van der Waals surface area contributed by atoms with Gasteiger partial charge in [-0.2, -0.15) is 48.3 Å². The minimum Gasteiger partial charge on any atom is -0.387 e. The van der Waals surface area contributed by atoms with Gasteiger partial charge >= 0.3 is 29.9 Å². The molecule has 0 aliphatic heterocycles. The van der Waals surface area contributed by atoms with Gasteiger partial charge in [-0.1, -0.05) is 0 Å². The van der Waals surface area contributed by atoms with Gasteiger partial charge in [0.05, 0.1) is 0 Å². The fourth-order valence-corrected chi connectivity index (χ4v) is 0.847. The Morgan fingerprint density at radius 2 is 0.947 bits per heavy atom.